The minimum absolute atomic E-state index is 0.160. The molecule has 29 heavy (non-hydrogen) atoms. The summed E-state index contributed by atoms with van der Waals surface area (Å²) in [4.78, 5) is 12.7. The molecule has 1 aliphatic rings. The van der Waals surface area contributed by atoms with Gasteiger partial charge in [-0.1, -0.05) is 49.7 Å². The van der Waals surface area contributed by atoms with Gasteiger partial charge < -0.3 is 5.32 Å². The molecule has 2 aromatic rings. The van der Waals surface area contributed by atoms with Gasteiger partial charge in [0.2, 0.25) is 10.0 Å². The number of nitrogens with one attached hydrogen (secondary N) is 1. The highest BCUT2D eigenvalue weighted by atomic mass is 32.2. The topological polar surface area (TPSA) is 66.5 Å². The predicted molar refractivity (Wildman–Crippen MR) is 118 cm³/mol. The number of anilines is 1. The molecule has 0 saturated carbocycles. The number of sulfonamides is 1. The van der Waals surface area contributed by atoms with Crippen LogP contribution in [0.15, 0.2) is 48.5 Å². The molecule has 1 heterocycles. The molecule has 156 valence electrons. The second-order valence-corrected chi connectivity index (χ2v) is 9.78. The van der Waals surface area contributed by atoms with E-state index in [2.05, 4.69) is 24.4 Å². The molecule has 0 radical (unpaired) electrons. The molecule has 1 amide bonds. The monoisotopic (exact) mass is 414 g/mol. The lowest BCUT2D eigenvalue weighted by atomic mass is 9.97. The van der Waals surface area contributed by atoms with Crippen molar-refractivity contribution in [1.29, 1.82) is 0 Å². The van der Waals surface area contributed by atoms with E-state index in [1.807, 2.05) is 31.2 Å². The molecule has 1 saturated heterocycles. The maximum Gasteiger partial charge on any atom is 0.251 e. The average Bonchev–Trinajstić information content (AvgIpc) is 2.72. The molecular weight excluding hydrogens is 384 g/mol. The smallest absolute Gasteiger partial charge is 0.251 e. The number of aryl methyl sites for hydroxylation is 1. The van der Waals surface area contributed by atoms with E-state index in [0.29, 0.717) is 36.7 Å². The second kappa shape index (κ2) is 9.44. The summed E-state index contributed by atoms with van der Waals surface area (Å²) >= 11 is 0. The van der Waals surface area contributed by atoms with Gasteiger partial charge in [-0.05, 0) is 55.4 Å². The quantitative estimate of drug-likeness (QED) is 0.747. The molecule has 0 aromatic heterocycles. The van der Waals surface area contributed by atoms with Crippen LogP contribution in [0.25, 0.3) is 0 Å². The second-order valence-electron chi connectivity index (χ2n) is 7.77. The van der Waals surface area contributed by atoms with E-state index < -0.39 is 10.0 Å². The van der Waals surface area contributed by atoms with Crippen molar-refractivity contribution in [3.8, 4) is 0 Å². The average molecular weight is 415 g/mol. The molecule has 1 N–H and O–H groups in total. The predicted octanol–water partition coefficient (Wildman–Crippen LogP) is 3.92. The first kappa shape index (κ1) is 21.4. The van der Waals surface area contributed by atoms with Crippen LogP contribution in [-0.2, 0) is 16.4 Å². The standard InChI is InChI=1S/C23H30N2O3S/c1-3-19(15-20-9-5-4-6-10-20)17-24-23(26)21-12-11-18(2)22(16-21)25-13-7-8-14-29(25,27)28/h4-6,9-12,16,19H,3,7-8,13-15,17H2,1-2H3,(H,24,26)/t19-/m0/s1. The van der Waals surface area contributed by atoms with Crippen LogP contribution in [0.3, 0.4) is 0 Å². The third kappa shape index (κ3) is 5.38. The summed E-state index contributed by atoms with van der Waals surface area (Å²) in [6.45, 7) is 5.08. The van der Waals surface area contributed by atoms with Crippen LogP contribution < -0.4 is 9.62 Å². The van der Waals surface area contributed by atoms with E-state index in [4.69, 9.17) is 0 Å². The van der Waals surface area contributed by atoms with Crippen LogP contribution in [0.5, 0.6) is 0 Å². The summed E-state index contributed by atoms with van der Waals surface area (Å²) in [5.41, 5.74) is 3.25. The molecular formula is C23H30N2O3S. The van der Waals surface area contributed by atoms with Gasteiger partial charge in [0.15, 0.2) is 0 Å². The Balaban J connectivity index is 1.69. The third-order valence-electron chi connectivity index (χ3n) is 5.59. The van der Waals surface area contributed by atoms with Crippen molar-refractivity contribution in [3.63, 3.8) is 0 Å². The summed E-state index contributed by atoms with van der Waals surface area (Å²) in [5.74, 6) is 0.362. The highest BCUT2D eigenvalue weighted by Gasteiger charge is 2.27. The van der Waals surface area contributed by atoms with Crippen molar-refractivity contribution in [3.05, 3.63) is 65.2 Å². The van der Waals surface area contributed by atoms with E-state index in [0.717, 1.165) is 24.8 Å². The number of nitrogens with zero attached hydrogens (tertiary/aromatic N) is 1. The molecule has 1 fully saturated rings. The zero-order valence-corrected chi connectivity index (χ0v) is 18.0. The summed E-state index contributed by atoms with van der Waals surface area (Å²) in [5, 5.41) is 3.03. The van der Waals surface area contributed by atoms with Crippen molar-refractivity contribution in [2.75, 3.05) is 23.1 Å². The summed E-state index contributed by atoms with van der Waals surface area (Å²) in [6.07, 6.45) is 3.42. The van der Waals surface area contributed by atoms with Gasteiger partial charge in [-0.2, -0.15) is 0 Å². The number of hydrogen-bond donors (Lipinski definition) is 1. The zero-order chi connectivity index (χ0) is 20.9. The molecule has 6 heteroatoms. The van der Waals surface area contributed by atoms with Gasteiger partial charge >= 0.3 is 0 Å². The molecule has 1 aliphatic heterocycles. The Morgan fingerprint density at radius 3 is 2.59 bits per heavy atom. The number of carbonyl (C=O) groups excluding carboxylic acids is 1. The van der Waals surface area contributed by atoms with E-state index in [-0.39, 0.29) is 11.7 Å². The molecule has 1 atom stereocenters. The van der Waals surface area contributed by atoms with Crippen molar-refractivity contribution >= 4 is 21.6 Å². The maximum absolute atomic E-state index is 12.7. The highest BCUT2D eigenvalue weighted by Crippen LogP contribution is 2.28. The zero-order valence-electron chi connectivity index (χ0n) is 17.2. The lowest BCUT2D eigenvalue weighted by molar-refractivity contribution is 0.0946. The fourth-order valence-electron chi connectivity index (χ4n) is 3.73. The molecule has 0 spiro atoms. The van der Waals surface area contributed by atoms with E-state index >= 15 is 0 Å². The van der Waals surface area contributed by atoms with Gasteiger partial charge in [0, 0.05) is 18.7 Å². The molecule has 0 aliphatic carbocycles. The van der Waals surface area contributed by atoms with E-state index in [1.54, 1.807) is 12.1 Å². The van der Waals surface area contributed by atoms with Gasteiger partial charge in [-0.3, -0.25) is 9.10 Å². The van der Waals surface area contributed by atoms with Crippen molar-refractivity contribution in [2.45, 2.75) is 39.5 Å². The molecule has 5 nitrogen and oxygen atoms in total. The lowest BCUT2D eigenvalue weighted by Crippen LogP contribution is -2.38. The minimum atomic E-state index is -3.30. The van der Waals surface area contributed by atoms with Crippen LogP contribution >= 0.6 is 0 Å². The van der Waals surface area contributed by atoms with Gasteiger partial charge in [-0.25, -0.2) is 8.42 Å². The first-order valence-electron chi connectivity index (χ1n) is 10.3. The minimum Gasteiger partial charge on any atom is -0.352 e. The Kier molecular flexibility index (Phi) is 6.96. The first-order chi connectivity index (χ1) is 13.9. The van der Waals surface area contributed by atoms with E-state index in [9.17, 15) is 13.2 Å². The lowest BCUT2D eigenvalue weighted by Gasteiger charge is -2.29. The summed E-state index contributed by atoms with van der Waals surface area (Å²) < 4.78 is 26.4. The number of amides is 1. The van der Waals surface area contributed by atoms with E-state index in [1.165, 1.54) is 9.87 Å². The number of hydrogen-bond acceptors (Lipinski definition) is 3. The van der Waals surface area contributed by atoms with Gasteiger partial charge in [-0.15, -0.1) is 0 Å². The van der Waals surface area contributed by atoms with Gasteiger partial charge in [0.1, 0.15) is 0 Å². The summed E-state index contributed by atoms with van der Waals surface area (Å²) in [6, 6.07) is 15.6. The fourth-order valence-corrected chi connectivity index (χ4v) is 5.42. The molecule has 3 rings (SSSR count). The number of benzene rings is 2. The van der Waals surface area contributed by atoms with Crippen molar-refractivity contribution < 1.29 is 13.2 Å². The highest BCUT2D eigenvalue weighted by molar-refractivity contribution is 7.92. The maximum atomic E-state index is 12.7. The van der Waals surface area contributed by atoms with Crippen LogP contribution in [-0.4, -0.2) is 33.2 Å². The van der Waals surface area contributed by atoms with Crippen LogP contribution in [0, 0.1) is 12.8 Å². The first-order valence-corrected chi connectivity index (χ1v) is 11.9. The van der Waals surface area contributed by atoms with Crippen LogP contribution in [0.1, 0.15) is 47.7 Å². The third-order valence-corrected chi connectivity index (χ3v) is 7.44. The Labute approximate surface area is 174 Å². The van der Waals surface area contributed by atoms with Gasteiger partial charge in [0.05, 0.1) is 11.4 Å². The number of rotatable bonds is 7. The summed E-state index contributed by atoms with van der Waals surface area (Å²) in [7, 11) is -3.30. The normalized spacial score (nSPS) is 17.0. The van der Waals surface area contributed by atoms with Gasteiger partial charge in [0.25, 0.3) is 5.91 Å². The van der Waals surface area contributed by atoms with Crippen molar-refractivity contribution in [2.24, 2.45) is 5.92 Å². The Hall–Kier alpha value is -2.34. The molecule has 0 unspecified atom stereocenters. The fraction of sp³-hybridized carbons (Fsp3) is 0.435. The number of carbonyl (C=O) groups is 1. The Bertz CT molecular complexity index is 942. The Morgan fingerprint density at radius 2 is 1.90 bits per heavy atom. The Morgan fingerprint density at radius 1 is 1.14 bits per heavy atom. The van der Waals surface area contributed by atoms with Crippen LogP contribution in [0.2, 0.25) is 0 Å². The largest absolute Gasteiger partial charge is 0.352 e. The van der Waals surface area contributed by atoms with Crippen molar-refractivity contribution in [1.82, 2.24) is 5.32 Å². The molecule has 0 bridgehead atoms. The van der Waals surface area contributed by atoms with Crippen LogP contribution in [0.4, 0.5) is 5.69 Å². The SMILES string of the molecule is CC[C@H](CNC(=O)c1ccc(C)c(N2CCCCS2(=O)=O)c1)Cc1ccccc1. The molecule has 2 aromatic carbocycles.